The maximum Gasteiger partial charge on any atom is 0.191 e. The Hall–Kier alpha value is -0.470. The molecule has 4 nitrogen and oxygen atoms in total. The minimum Gasteiger partial charge on any atom is -0.355 e. The zero-order valence-corrected chi connectivity index (χ0v) is 19.8. The van der Waals surface area contributed by atoms with Crippen LogP contribution in [0.1, 0.15) is 44.2 Å². The third-order valence-corrected chi connectivity index (χ3v) is 6.05. The molecule has 0 amide bonds. The van der Waals surface area contributed by atoms with E-state index >= 15 is 0 Å². The second-order valence-electron chi connectivity index (χ2n) is 7.40. The molecule has 1 aliphatic rings. The second-order valence-corrected chi connectivity index (χ2v) is 8.91. The summed E-state index contributed by atoms with van der Waals surface area (Å²) in [7, 11) is 1.82. The Morgan fingerprint density at radius 3 is 2.27 bits per heavy atom. The van der Waals surface area contributed by atoms with Crippen molar-refractivity contribution in [2.45, 2.75) is 50.9 Å². The van der Waals surface area contributed by atoms with Gasteiger partial charge in [-0.3, -0.25) is 9.89 Å². The van der Waals surface area contributed by atoms with Gasteiger partial charge in [0.1, 0.15) is 0 Å². The number of nitrogens with one attached hydrogen (secondary N) is 2. The third kappa shape index (κ3) is 8.48. The molecule has 1 aromatic carbocycles. The number of benzene rings is 1. The van der Waals surface area contributed by atoms with Crippen LogP contribution >= 0.6 is 35.7 Å². The topological polar surface area (TPSA) is 39.7 Å². The van der Waals surface area contributed by atoms with Crippen molar-refractivity contribution in [3.05, 3.63) is 35.4 Å². The number of likely N-dealkylation sites (tertiary alicyclic amines) is 1. The van der Waals surface area contributed by atoms with Crippen LogP contribution in [0.3, 0.4) is 0 Å². The zero-order valence-electron chi connectivity index (χ0n) is 16.7. The highest BCUT2D eigenvalue weighted by molar-refractivity contribution is 14.0. The highest BCUT2D eigenvalue weighted by Crippen LogP contribution is 2.19. The summed E-state index contributed by atoms with van der Waals surface area (Å²) in [6, 6.07) is 8.98. The molecule has 1 fully saturated rings. The van der Waals surface area contributed by atoms with E-state index in [1.807, 2.05) is 18.8 Å². The Balaban J connectivity index is 0.00000338. The number of hydrogen-bond donors (Lipinski definition) is 2. The van der Waals surface area contributed by atoms with E-state index in [9.17, 15) is 0 Å². The van der Waals surface area contributed by atoms with E-state index in [1.54, 1.807) is 0 Å². The van der Waals surface area contributed by atoms with Crippen molar-refractivity contribution in [3.8, 4) is 0 Å². The molecule has 0 aliphatic carbocycles. The molecule has 0 bridgehead atoms. The second kappa shape index (κ2) is 12.1. The summed E-state index contributed by atoms with van der Waals surface area (Å²) in [5.74, 6) is 0.861. The smallest absolute Gasteiger partial charge is 0.191 e. The van der Waals surface area contributed by atoms with Gasteiger partial charge in [-0.1, -0.05) is 30.7 Å². The molecule has 0 saturated carbocycles. The van der Waals surface area contributed by atoms with Gasteiger partial charge in [-0.25, -0.2) is 0 Å². The Labute approximate surface area is 181 Å². The van der Waals surface area contributed by atoms with Gasteiger partial charge in [0, 0.05) is 31.4 Å². The molecule has 1 heterocycles. The lowest BCUT2D eigenvalue weighted by Crippen LogP contribution is -2.42. The van der Waals surface area contributed by atoms with Crippen molar-refractivity contribution in [1.29, 1.82) is 0 Å². The molecule has 0 atom stereocenters. The Kier molecular flexibility index (Phi) is 11.0. The van der Waals surface area contributed by atoms with Gasteiger partial charge < -0.3 is 10.6 Å². The van der Waals surface area contributed by atoms with Crippen LogP contribution in [0.25, 0.3) is 0 Å². The van der Waals surface area contributed by atoms with Crippen LogP contribution in [0.15, 0.2) is 29.3 Å². The maximum atomic E-state index is 4.31. The van der Waals surface area contributed by atoms with E-state index in [4.69, 9.17) is 0 Å². The minimum absolute atomic E-state index is 0. The van der Waals surface area contributed by atoms with Crippen LogP contribution in [0.4, 0.5) is 0 Å². The molecular weight excluding hydrogens is 455 g/mol. The van der Waals surface area contributed by atoms with Crippen molar-refractivity contribution in [3.63, 3.8) is 0 Å². The third-order valence-electron chi connectivity index (χ3n) is 4.80. The standard InChI is InChI=1S/C20H34N4S.HI/c1-20(2,25-4)16-23-19(21-3)22-14-17-8-10-18(11-9-17)15-24-12-6-5-7-13-24;/h8-11H,5-7,12-16H2,1-4H3,(H2,21,22,23);1H. The van der Waals surface area contributed by atoms with Crippen LogP contribution in [-0.2, 0) is 13.1 Å². The fraction of sp³-hybridized carbons (Fsp3) is 0.650. The predicted molar refractivity (Wildman–Crippen MR) is 127 cm³/mol. The van der Waals surface area contributed by atoms with Gasteiger partial charge in [-0.2, -0.15) is 11.8 Å². The van der Waals surface area contributed by atoms with Crippen LogP contribution in [0, 0.1) is 0 Å². The average Bonchev–Trinajstić information content (AvgIpc) is 2.64. The summed E-state index contributed by atoms with van der Waals surface area (Å²) in [6.45, 7) is 9.74. The molecule has 26 heavy (non-hydrogen) atoms. The molecule has 0 spiro atoms. The molecule has 0 aromatic heterocycles. The van der Waals surface area contributed by atoms with E-state index in [-0.39, 0.29) is 28.7 Å². The fourth-order valence-corrected chi connectivity index (χ4v) is 3.13. The number of piperidine rings is 1. The number of halogens is 1. The lowest BCUT2D eigenvalue weighted by Gasteiger charge is -2.26. The van der Waals surface area contributed by atoms with Crippen molar-refractivity contribution in [1.82, 2.24) is 15.5 Å². The predicted octanol–water partition coefficient (Wildman–Crippen LogP) is 4.10. The van der Waals surface area contributed by atoms with E-state index in [0.29, 0.717) is 0 Å². The molecule has 1 aliphatic heterocycles. The first-order valence-corrected chi connectivity index (χ1v) is 10.5. The van der Waals surface area contributed by atoms with E-state index in [0.717, 1.165) is 25.6 Å². The van der Waals surface area contributed by atoms with Gasteiger partial charge in [0.15, 0.2) is 5.96 Å². The lowest BCUT2D eigenvalue weighted by molar-refractivity contribution is 0.221. The highest BCUT2D eigenvalue weighted by Gasteiger charge is 2.16. The summed E-state index contributed by atoms with van der Waals surface area (Å²) in [5.41, 5.74) is 2.70. The number of thioether (sulfide) groups is 1. The molecule has 2 rings (SSSR count). The molecule has 148 valence electrons. The molecule has 1 saturated heterocycles. The van der Waals surface area contributed by atoms with E-state index in [2.05, 4.69) is 64.9 Å². The highest BCUT2D eigenvalue weighted by atomic mass is 127. The first-order valence-electron chi connectivity index (χ1n) is 9.32. The summed E-state index contributed by atoms with van der Waals surface area (Å²) >= 11 is 1.86. The SMILES string of the molecule is CN=C(NCc1ccc(CN2CCCCC2)cc1)NCC(C)(C)SC.I. The average molecular weight is 490 g/mol. The first kappa shape index (κ1) is 23.6. The maximum absolute atomic E-state index is 4.31. The van der Waals surface area contributed by atoms with Crippen LogP contribution in [-0.4, -0.2) is 48.5 Å². The molecule has 1 aromatic rings. The lowest BCUT2D eigenvalue weighted by atomic mass is 10.1. The van der Waals surface area contributed by atoms with Crippen molar-refractivity contribution < 1.29 is 0 Å². The summed E-state index contributed by atoms with van der Waals surface area (Å²) in [4.78, 5) is 6.88. The Bertz CT molecular complexity index is 539. The Morgan fingerprint density at radius 1 is 1.08 bits per heavy atom. The monoisotopic (exact) mass is 490 g/mol. The van der Waals surface area contributed by atoms with E-state index in [1.165, 1.54) is 43.5 Å². The molecular formula is C20H35IN4S. The molecule has 6 heteroatoms. The summed E-state index contributed by atoms with van der Waals surface area (Å²) in [5, 5.41) is 6.81. The van der Waals surface area contributed by atoms with Gasteiger partial charge in [0.2, 0.25) is 0 Å². The summed E-state index contributed by atoms with van der Waals surface area (Å²) in [6.07, 6.45) is 6.23. The van der Waals surface area contributed by atoms with Crippen LogP contribution < -0.4 is 10.6 Å². The van der Waals surface area contributed by atoms with E-state index < -0.39 is 0 Å². The van der Waals surface area contributed by atoms with Gasteiger partial charge in [0.25, 0.3) is 0 Å². The van der Waals surface area contributed by atoms with Crippen molar-refractivity contribution in [2.24, 2.45) is 4.99 Å². The Morgan fingerprint density at radius 2 is 1.69 bits per heavy atom. The van der Waals surface area contributed by atoms with Crippen molar-refractivity contribution in [2.75, 3.05) is 32.9 Å². The number of aliphatic imine (C=N–C) groups is 1. The fourth-order valence-electron chi connectivity index (χ4n) is 2.91. The zero-order chi connectivity index (χ0) is 18.1. The number of hydrogen-bond acceptors (Lipinski definition) is 3. The quantitative estimate of drug-likeness (QED) is 0.343. The van der Waals surface area contributed by atoms with Crippen LogP contribution in [0.5, 0.6) is 0 Å². The van der Waals surface area contributed by atoms with Gasteiger partial charge in [-0.15, -0.1) is 24.0 Å². The minimum atomic E-state index is 0. The molecule has 0 radical (unpaired) electrons. The first-order chi connectivity index (χ1) is 12.0. The normalized spacial score (nSPS) is 16.1. The molecule has 0 unspecified atom stereocenters. The number of guanidine groups is 1. The largest absolute Gasteiger partial charge is 0.355 e. The number of nitrogens with zero attached hydrogens (tertiary/aromatic N) is 2. The molecule has 2 N–H and O–H groups in total. The van der Waals surface area contributed by atoms with Gasteiger partial charge >= 0.3 is 0 Å². The van der Waals surface area contributed by atoms with Crippen LogP contribution in [0.2, 0.25) is 0 Å². The summed E-state index contributed by atoms with van der Waals surface area (Å²) < 4.78 is 0.202. The number of rotatable bonds is 7. The van der Waals surface area contributed by atoms with Gasteiger partial charge in [0.05, 0.1) is 0 Å². The van der Waals surface area contributed by atoms with Crippen molar-refractivity contribution >= 4 is 41.7 Å². The van der Waals surface area contributed by atoms with Gasteiger partial charge in [-0.05, 0) is 57.2 Å².